The molecule has 1 atom stereocenters. The summed E-state index contributed by atoms with van der Waals surface area (Å²) in [5.74, 6) is -0.0891. The number of aliphatic carboxylic acids is 1. The molecule has 4 nitrogen and oxygen atoms in total. The maximum absolute atomic E-state index is 11.9. The normalized spacial score (nSPS) is 11.8. The van der Waals surface area contributed by atoms with Crippen molar-refractivity contribution in [2.24, 2.45) is 0 Å². The number of methoxy groups -OCH3 is 1. The number of hydrogen-bond acceptors (Lipinski definition) is 3. The van der Waals surface area contributed by atoms with Gasteiger partial charge in [0.2, 0.25) is 0 Å². The fourth-order valence-electron chi connectivity index (χ4n) is 2.87. The van der Waals surface area contributed by atoms with Gasteiger partial charge in [-0.2, -0.15) is 0 Å². The van der Waals surface area contributed by atoms with E-state index in [1.165, 1.54) is 0 Å². The van der Waals surface area contributed by atoms with Crippen molar-refractivity contribution >= 4 is 5.97 Å². The molecule has 0 heterocycles. The van der Waals surface area contributed by atoms with E-state index in [9.17, 15) is 9.90 Å². The van der Waals surface area contributed by atoms with Crippen LogP contribution in [0.1, 0.15) is 41.5 Å². The van der Waals surface area contributed by atoms with E-state index in [0.29, 0.717) is 24.5 Å². The zero-order chi connectivity index (χ0) is 18.4. The Labute approximate surface area is 149 Å². The SMILES string of the molecule is CCCOc1ccc(CC(C(=O)O)c2cc(C)ccc2C)cc1OC. The first-order chi connectivity index (χ1) is 12.0. The largest absolute Gasteiger partial charge is 0.493 e. The van der Waals surface area contributed by atoms with Gasteiger partial charge in [-0.15, -0.1) is 0 Å². The standard InChI is InChI=1S/C21H26O4/c1-5-10-25-19-9-8-16(13-20(19)24-4)12-18(21(22)23)17-11-14(2)6-7-15(17)3/h6-9,11,13,18H,5,10,12H2,1-4H3,(H,22,23). The van der Waals surface area contributed by atoms with Gasteiger partial charge in [-0.3, -0.25) is 4.79 Å². The molecule has 1 N–H and O–H groups in total. The first-order valence-corrected chi connectivity index (χ1v) is 8.56. The summed E-state index contributed by atoms with van der Waals surface area (Å²) in [5.41, 5.74) is 3.83. The van der Waals surface area contributed by atoms with Gasteiger partial charge in [0.15, 0.2) is 11.5 Å². The van der Waals surface area contributed by atoms with Crippen molar-refractivity contribution in [1.82, 2.24) is 0 Å². The summed E-state index contributed by atoms with van der Waals surface area (Å²) in [5, 5.41) is 9.74. The van der Waals surface area contributed by atoms with Gasteiger partial charge in [0.25, 0.3) is 0 Å². The maximum Gasteiger partial charge on any atom is 0.311 e. The van der Waals surface area contributed by atoms with Crippen LogP contribution in [0.25, 0.3) is 0 Å². The van der Waals surface area contributed by atoms with Crippen LogP contribution in [0.3, 0.4) is 0 Å². The molecule has 0 saturated heterocycles. The predicted molar refractivity (Wildman–Crippen MR) is 98.8 cm³/mol. The summed E-state index contributed by atoms with van der Waals surface area (Å²) in [6, 6.07) is 11.6. The lowest BCUT2D eigenvalue weighted by atomic mass is 9.88. The molecule has 1 unspecified atom stereocenters. The quantitative estimate of drug-likeness (QED) is 0.767. The summed E-state index contributed by atoms with van der Waals surface area (Å²) < 4.78 is 11.1. The molecule has 0 aliphatic carbocycles. The van der Waals surface area contributed by atoms with E-state index < -0.39 is 11.9 Å². The first-order valence-electron chi connectivity index (χ1n) is 8.56. The molecular weight excluding hydrogens is 316 g/mol. The van der Waals surface area contributed by atoms with Crippen LogP contribution in [0, 0.1) is 13.8 Å². The second-order valence-corrected chi connectivity index (χ2v) is 6.29. The van der Waals surface area contributed by atoms with Crippen molar-refractivity contribution in [2.75, 3.05) is 13.7 Å². The summed E-state index contributed by atoms with van der Waals surface area (Å²) >= 11 is 0. The molecule has 0 radical (unpaired) electrons. The second-order valence-electron chi connectivity index (χ2n) is 6.29. The third-order valence-electron chi connectivity index (χ3n) is 4.24. The zero-order valence-electron chi connectivity index (χ0n) is 15.3. The smallest absolute Gasteiger partial charge is 0.311 e. The van der Waals surface area contributed by atoms with Gasteiger partial charge in [0.1, 0.15) is 0 Å². The Kier molecular flexibility index (Phi) is 6.45. The van der Waals surface area contributed by atoms with Crippen LogP contribution in [-0.2, 0) is 11.2 Å². The van der Waals surface area contributed by atoms with Crippen LogP contribution < -0.4 is 9.47 Å². The van der Waals surface area contributed by atoms with Crippen molar-refractivity contribution < 1.29 is 19.4 Å². The molecule has 0 aliphatic heterocycles. The summed E-state index contributed by atoms with van der Waals surface area (Å²) in [6.45, 7) is 6.59. The number of aryl methyl sites for hydroxylation is 2. The Balaban J connectivity index is 2.31. The Hall–Kier alpha value is -2.49. The summed E-state index contributed by atoms with van der Waals surface area (Å²) in [6.07, 6.45) is 1.32. The molecule has 0 aliphatic rings. The van der Waals surface area contributed by atoms with Crippen molar-refractivity contribution in [3.05, 3.63) is 58.7 Å². The minimum absolute atomic E-state index is 0.407. The zero-order valence-corrected chi connectivity index (χ0v) is 15.3. The number of carbonyl (C=O) groups is 1. The number of ether oxygens (including phenoxy) is 2. The van der Waals surface area contributed by atoms with Crippen molar-refractivity contribution in [3.63, 3.8) is 0 Å². The number of rotatable bonds is 8. The fourth-order valence-corrected chi connectivity index (χ4v) is 2.87. The van der Waals surface area contributed by atoms with Crippen molar-refractivity contribution in [1.29, 1.82) is 0 Å². The highest BCUT2D eigenvalue weighted by atomic mass is 16.5. The molecular formula is C21H26O4. The van der Waals surface area contributed by atoms with E-state index in [1.807, 2.05) is 57.2 Å². The second kappa shape index (κ2) is 8.56. The number of hydrogen-bond donors (Lipinski definition) is 1. The Bertz CT molecular complexity index is 737. The molecule has 0 amide bonds. The topological polar surface area (TPSA) is 55.8 Å². The minimum atomic E-state index is -0.820. The van der Waals surface area contributed by atoms with E-state index >= 15 is 0 Å². The first kappa shape index (κ1) is 18.8. The number of carboxylic acids is 1. The lowest BCUT2D eigenvalue weighted by Gasteiger charge is -2.17. The van der Waals surface area contributed by atoms with Gasteiger partial charge in [-0.1, -0.05) is 36.8 Å². The third kappa shape index (κ3) is 4.75. The van der Waals surface area contributed by atoms with E-state index in [1.54, 1.807) is 7.11 Å². The molecule has 0 fully saturated rings. The van der Waals surface area contributed by atoms with Crippen LogP contribution in [0.15, 0.2) is 36.4 Å². The highest BCUT2D eigenvalue weighted by Crippen LogP contribution is 2.31. The van der Waals surface area contributed by atoms with Gasteiger partial charge in [-0.05, 0) is 55.5 Å². The highest BCUT2D eigenvalue weighted by molar-refractivity contribution is 5.77. The molecule has 0 aromatic heterocycles. The number of benzene rings is 2. The molecule has 0 bridgehead atoms. The van der Waals surface area contributed by atoms with Crippen LogP contribution in [0.5, 0.6) is 11.5 Å². The van der Waals surface area contributed by atoms with Crippen LogP contribution in [-0.4, -0.2) is 24.8 Å². The van der Waals surface area contributed by atoms with Crippen molar-refractivity contribution in [2.45, 2.75) is 39.5 Å². The van der Waals surface area contributed by atoms with Gasteiger partial charge >= 0.3 is 5.97 Å². The lowest BCUT2D eigenvalue weighted by Crippen LogP contribution is -2.16. The molecule has 4 heteroatoms. The Morgan fingerprint density at radius 2 is 1.88 bits per heavy atom. The highest BCUT2D eigenvalue weighted by Gasteiger charge is 2.23. The molecule has 0 spiro atoms. The third-order valence-corrected chi connectivity index (χ3v) is 4.24. The van der Waals surface area contributed by atoms with Gasteiger partial charge in [-0.25, -0.2) is 0 Å². The van der Waals surface area contributed by atoms with Crippen LogP contribution in [0.2, 0.25) is 0 Å². The minimum Gasteiger partial charge on any atom is -0.493 e. The summed E-state index contributed by atoms with van der Waals surface area (Å²) in [4.78, 5) is 11.9. The van der Waals surface area contributed by atoms with Gasteiger partial charge in [0.05, 0.1) is 19.6 Å². The average molecular weight is 342 g/mol. The molecule has 2 aromatic rings. The summed E-state index contributed by atoms with van der Waals surface area (Å²) in [7, 11) is 1.59. The molecule has 134 valence electrons. The van der Waals surface area contributed by atoms with Crippen molar-refractivity contribution in [3.8, 4) is 11.5 Å². The fraction of sp³-hybridized carbons (Fsp3) is 0.381. The van der Waals surface area contributed by atoms with Gasteiger partial charge in [0, 0.05) is 0 Å². The average Bonchev–Trinajstić information content (AvgIpc) is 2.60. The maximum atomic E-state index is 11.9. The molecule has 2 rings (SSSR count). The van der Waals surface area contributed by atoms with E-state index in [-0.39, 0.29) is 0 Å². The van der Waals surface area contributed by atoms with E-state index in [0.717, 1.165) is 28.7 Å². The monoisotopic (exact) mass is 342 g/mol. The lowest BCUT2D eigenvalue weighted by molar-refractivity contribution is -0.138. The molecule has 0 saturated carbocycles. The Morgan fingerprint density at radius 1 is 1.12 bits per heavy atom. The predicted octanol–water partition coefficient (Wildman–Crippen LogP) is 4.51. The molecule has 2 aromatic carbocycles. The Morgan fingerprint density at radius 3 is 2.52 bits per heavy atom. The van der Waals surface area contributed by atoms with Crippen LogP contribution >= 0.6 is 0 Å². The van der Waals surface area contributed by atoms with Crippen LogP contribution in [0.4, 0.5) is 0 Å². The van der Waals surface area contributed by atoms with E-state index in [2.05, 4.69) is 0 Å². The molecule has 25 heavy (non-hydrogen) atoms. The van der Waals surface area contributed by atoms with E-state index in [4.69, 9.17) is 9.47 Å². The van der Waals surface area contributed by atoms with Gasteiger partial charge < -0.3 is 14.6 Å². The number of carboxylic acid groups (broad SMARTS) is 1.